The fraction of sp³-hybridized carbons (Fsp3) is 0.316. The van der Waals surface area contributed by atoms with Crippen LogP contribution in [0.4, 0.5) is 0 Å². The highest BCUT2D eigenvalue weighted by Gasteiger charge is 2.28. The summed E-state index contributed by atoms with van der Waals surface area (Å²) >= 11 is 1.56. The molecule has 128 valence electrons. The van der Waals surface area contributed by atoms with Gasteiger partial charge in [0.15, 0.2) is 0 Å². The van der Waals surface area contributed by atoms with Crippen LogP contribution in [0, 0.1) is 0 Å². The van der Waals surface area contributed by atoms with Crippen LogP contribution < -0.4 is 0 Å². The fourth-order valence-electron chi connectivity index (χ4n) is 3.42. The van der Waals surface area contributed by atoms with Crippen LogP contribution in [0.5, 0.6) is 0 Å². The first-order valence-corrected chi connectivity index (χ1v) is 9.48. The second kappa shape index (κ2) is 7.19. The van der Waals surface area contributed by atoms with Gasteiger partial charge >= 0.3 is 0 Å². The number of nitrogens with zero attached hydrogens (tertiary/aromatic N) is 4. The van der Waals surface area contributed by atoms with Gasteiger partial charge in [0, 0.05) is 24.4 Å². The van der Waals surface area contributed by atoms with E-state index in [9.17, 15) is 4.79 Å². The van der Waals surface area contributed by atoms with Crippen molar-refractivity contribution in [3.05, 3.63) is 70.4 Å². The lowest BCUT2D eigenvalue weighted by atomic mass is 9.96. The molecule has 1 aromatic carbocycles. The van der Waals surface area contributed by atoms with E-state index < -0.39 is 0 Å². The first kappa shape index (κ1) is 16.0. The van der Waals surface area contributed by atoms with Crippen LogP contribution in [0.15, 0.2) is 53.5 Å². The Morgan fingerprint density at radius 1 is 1.24 bits per heavy atom. The van der Waals surface area contributed by atoms with Gasteiger partial charge in [-0.2, -0.15) is 11.3 Å². The number of hydrogen-bond donors (Lipinski definition) is 0. The van der Waals surface area contributed by atoms with E-state index in [4.69, 9.17) is 0 Å². The van der Waals surface area contributed by atoms with Crippen LogP contribution in [-0.4, -0.2) is 38.7 Å². The molecule has 1 atom stereocenters. The largest absolute Gasteiger partial charge is 0.338 e. The monoisotopic (exact) mass is 352 g/mol. The number of amides is 1. The number of thiophene rings is 1. The van der Waals surface area contributed by atoms with E-state index in [-0.39, 0.29) is 11.8 Å². The Kier molecular flexibility index (Phi) is 4.61. The first-order chi connectivity index (χ1) is 12.3. The number of piperidine rings is 1. The van der Waals surface area contributed by atoms with Crippen LogP contribution in [0.3, 0.4) is 0 Å². The Bertz CT molecular complexity index is 828. The van der Waals surface area contributed by atoms with E-state index >= 15 is 0 Å². The van der Waals surface area contributed by atoms with Crippen LogP contribution >= 0.6 is 11.3 Å². The minimum absolute atomic E-state index is 0.125. The van der Waals surface area contributed by atoms with Crippen LogP contribution in [0.1, 0.15) is 40.5 Å². The summed E-state index contributed by atoms with van der Waals surface area (Å²) in [4.78, 5) is 14.6. The zero-order valence-corrected chi connectivity index (χ0v) is 14.7. The van der Waals surface area contributed by atoms with Crippen LogP contribution in [0.25, 0.3) is 0 Å². The van der Waals surface area contributed by atoms with E-state index in [1.807, 2.05) is 39.9 Å². The molecule has 5 nitrogen and oxygen atoms in total. The molecule has 1 saturated heterocycles. The van der Waals surface area contributed by atoms with Crippen LogP contribution in [0.2, 0.25) is 0 Å². The molecule has 4 rings (SSSR count). The maximum Gasteiger partial charge on any atom is 0.254 e. The summed E-state index contributed by atoms with van der Waals surface area (Å²) in [6.07, 6.45) is 3.83. The predicted molar refractivity (Wildman–Crippen MR) is 97.8 cm³/mol. The Balaban J connectivity index is 1.50. The van der Waals surface area contributed by atoms with Gasteiger partial charge in [0.2, 0.25) is 0 Å². The van der Waals surface area contributed by atoms with Crippen molar-refractivity contribution in [2.24, 2.45) is 0 Å². The van der Waals surface area contributed by atoms with Crippen molar-refractivity contribution in [2.45, 2.75) is 25.3 Å². The fourth-order valence-corrected chi connectivity index (χ4v) is 4.05. The first-order valence-electron chi connectivity index (χ1n) is 8.54. The van der Waals surface area contributed by atoms with Gasteiger partial charge in [-0.05, 0) is 29.9 Å². The molecule has 1 fully saturated rings. The lowest BCUT2D eigenvalue weighted by molar-refractivity contribution is 0.0704. The zero-order chi connectivity index (χ0) is 17.1. The van der Waals surface area contributed by atoms with E-state index in [1.54, 1.807) is 17.7 Å². The maximum absolute atomic E-state index is 12.6. The summed E-state index contributed by atoms with van der Waals surface area (Å²) < 4.78 is 2.11. The van der Waals surface area contributed by atoms with Crippen molar-refractivity contribution in [3.8, 4) is 0 Å². The Morgan fingerprint density at radius 2 is 2.12 bits per heavy atom. The minimum Gasteiger partial charge on any atom is -0.338 e. The third kappa shape index (κ3) is 3.49. The molecular weight excluding hydrogens is 332 g/mol. The van der Waals surface area contributed by atoms with Gasteiger partial charge in [-0.25, -0.2) is 0 Å². The topological polar surface area (TPSA) is 51.0 Å². The average molecular weight is 352 g/mol. The van der Waals surface area contributed by atoms with Crippen molar-refractivity contribution in [1.82, 2.24) is 19.7 Å². The number of likely N-dealkylation sites (tertiary alicyclic amines) is 1. The van der Waals surface area contributed by atoms with Gasteiger partial charge in [0.05, 0.1) is 12.1 Å². The van der Waals surface area contributed by atoms with Gasteiger partial charge in [-0.15, -0.1) is 10.2 Å². The molecule has 0 N–H and O–H groups in total. The van der Waals surface area contributed by atoms with Gasteiger partial charge in [0.1, 0.15) is 12.2 Å². The Labute approximate surface area is 150 Å². The van der Waals surface area contributed by atoms with Gasteiger partial charge in [-0.1, -0.05) is 30.3 Å². The number of benzene rings is 1. The van der Waals surface area contributed by atoms with Gasteiger partial charge < -0.3 is 9.47 Å². The molecule has 0 unspecified atom stereocenters. The standard InChI is InChI=1S/C19H20N4OS/c24-19(17-8-10-25-13-17)22-9-4-7-16(12-22)18-21-20-14-23(18)11-15-5-2-1-3-6-15/h1-3,5-6,8,10,13-14,16H,4,7,9,11-12H2/t16-/m0/s1. The second-order valence-corrected chi connectivity index (χ2v) is 7.19. The maximum atomic E-state index is 12.6. The van der Waals surface area contributed by atoms with Gasteiger partial charge in [0.25, 0.3) is 5.91 Å². The lowest BCUT2D eigenvalue weighted by Gasteiger charge is -2.32. The van der Waals surface area contributed by atoms with E-state index in [0.717, 1.165) is 37.3 Å². The van der Waals surface area contributed by atoms with Crippen molar-refractivity contribution < 1.29 is 4.79 Å². The number of carbonyl (C=O) groups is 1. The number of carbonyl (C=O) groups excluding carboxylic acids is 1. The normalized spacial score (nSPS) is 17.6. The lowest BCUT2D eigenvalue weighted by Crippen LogP contribution is -2.39. The van der Waals surface area contributed by atoms with Crippen molar-refractivity contribution in [3.63, 3.8) is 0 Å². The molecule has 0 saturated carbocycles. The molecule has 0 aliphatic carbocycles. The predicted octanol–water partition coefficient (Wildman–Crippen LogP) is 3.41. The molecule has 6 heteroatoms. The number of hydrogen-bond acceptors (Lipinski definition) is 4. The molecule has 25 heavy (non-hydrogen) atoms. The number of aromatic nitrogens is 3. The zero-order valence-electron chi connectivity index (χ0n) is 13.9. The van der Waals surface area contributed by atoms with E-state index in [1.165, 1.54) is 5.56 Å². The molecule has 0 spiro atoms. The van der Waals surface area contributed by atoms with E-state index in [2.05, 4.69) is 26.9 Å². The second-order valence-electron chi connectivity index (χ2n) is 6.40. The average Bonchev–Trinajstić information content (AvgIpc) is 3.34. The van der Waals surface area contributed by atoms with Crippen molar-refractivity contribution >= 4 is 17.2 Å². The Hall–Kier alpha value is -2.47. The summed E-state index contributed by atoms with van der Waals surface area (Å²) in [5.41, 5.74) is 2.02. The summed E-state index contributed by atoms with van der Waals surface area (Å²) in [7, 11) is 0. The smallest absolute Gasteiger partial charge is 0.254 e. The molecule has 1 aliphatic rings. The molecule has 0 radical (unpaired) electrons. The van der Waals surface area contributed by atoms with Crippen molar-refractivity contribution in [1.29, 1.82) is 0 Å². The highest BCUT2D eigenvalue weighted by atomic mass is 32.1. The third-order valence-corrected chi connectivity index (χ3v) is 5.37. The molecule has 0 bridgehead atoms. The molecule has 1 amide bonds. The Morgan fingerprint density at radius 3 is 2.92 bits per heavy atom. The SMILES string of the molecule is O=C(c1ccsc1)N1CCC[C@H](c2nncn2Cc2ccccc2)C1. The highest BCUT2D eigenvalue weighted by Crippen LogP contribution is 2.27. The van der Waals surface area contributed by atoms with Crippen molar-refractivity contribution in [2.75, 3.05) is 13.1 Å². The summed E-state index contributed by atoms with van der Waals surface area (Å²) in [6.45, 7) is 2.29. The molecule has 2 aromatic heterocycles. The van der Waals surface area contributed by atoms with Gasteiger partial charge in [-0.3, -0.25) is 4.79 Å². The minimum atomic E-state index is 0.125. The molecule has 3 aromatic rings. The summed E-state index contributed by atoms with van der Waals surface area (Å²) in [6, 6.07) is 12.2. The molecular formula is C19H20N4OS. The summed E-state index contributed by atoms with van der Waals surface area (Å²) in [5.74, 6) is 1.34. The highest BCUT2D eigenvalue weighted by molar-refractivity contribution is 7.08. The van der Waals surface area contributed by atoms with E-state index in [0.29, 0.717) is 6.54 Å². The summed E-state index contributed by atoms with van der Waals surface area (Å²) in [5, 5.41) is 12.4. The molecule has 3 heterocycles. The quantitative estimate of drug-likeness (QED) is 0.723. The van der Waals surface area contributed by atoms with Crippen LogP contribution in [-0.2, 0) is 6.54 Å². The third-order valence-electron chi connectivity index (χ3n) is 4.68. The number of rotatable bonds is 4. The molecule has 1 aliphatic heterocycles.